The Labute approximate surface area is 262 Å². The van der Waals surface area contributed by atoms with E-state index in [0.717, 1.165) is 22.2 Å². The Morgan fingerprint density at radius 2 is 1.16 bits per heavy atom. The van der Waals surface area contributed by atoms with Crippen LogP contribution in [0.5, 0.6) is 0 Å². The van der Waals surface area contributed by atoms with Gasteiger partial charge in [0.1, 0.15) is 0 Å². The van der Waals surface area contributed by atoms with Crippen LogP contribution in [-0.4, -0.2) is 23.7 Å². The second-order valence-electron chi connectivity index (χ2n) is 13.0. The Balaban J connectivity index is 0.000000265. The molecule has 1 unspecified atom stereocenters. The summed E-state index contributed by atoms with van der Waals surface area (Å²) in [5, 5.41) is 17.8. The Hall–Kier alpha value is -3.47. The van der Waals surface area contributed by atoms with Gasteiger partial charge in [0.05, 0.1) is 5.60 Å². The van der Waals surface area contributed by atoms with E-state index in [2.05, 4.69) is 75.7 Å². The summed E-state index contributed by atoms with van der Waals surface area (Å²) < 4.78 is 0. The van der Waals surface area contributed by atoms with Crippen LogP contribution >= 0.6 is 0 Å². The number of benzene rings is 4. The van der Waals surface area contributed by atoms with Gasteiger partial charge in [-0.3, -0.25) is 0 Å². The molecule has 4 rings (SSSR count). The van der Waals surface area contributed by atoms with Gasteiger partial charge < -0.3 is 16.2 Å². The molecule has 0 aliphatic carbocycles. The highest BCUT2D eigenvalue weighted by molar-refractivity contribution is 6.57. The molecular formula is C39H52BN2O. The minimum Gasteiger partial charge on any atom is -0.391 e. The summed E-state index contributed by atoms with van der Waals surface area (Å²) in [6, 6.07) is 37.1. The molecule has 0 saturated heterocycles. The Bertz CT molecular complexity index is 1370. The van der Waals surface area contributed by atoms with Gasteiger partial charge in [0.25, 0.3) is 0 Å². The minimum absolute atomic E-state index is 0.0314. The third-order valence-corrected chi connectivity index (χ3v) is 7.84. The third-order valence-electron chi connectivity index (χ3n) is 7.84. The van der Waals surface area contributed by atoms with Crippen molar-refractivity contribution in [3.63, 3.8) is 0 Å². The number of nitrogens with one attached hydrogen (secondary N) is 1. The molecule has 0 saturated carbocycles. The summed E-state index contributed by atoms with van der Waals surface area (Å²) in [5.41, 5.74) is 13.0. The van der Waals surface area contributed by atoms with E-state index in [1.54, 1.807) is 0 Å². The second kappa shape index (κ2) is 16.4. The fraction of sp³-hybridized carbons (Fsp3) is 0.359. The van der Waals surface area contributed by atoms with Gasteiger partial charge in [0, 0.05) is 11.8 Å². The molecule has 3 nitrogen and oxygen atoms in total. The van der Waals surface area contributed by atoms with Gasteiger partial charge >= 0.3 is 0 Å². The number of aliphatic hydroxyl groups is 1. The van der Waals surface area contributed by atoms with Gasteiger partial charge in [-0.1, -0.05) is 150 Å². The van der Waals surface area contributed by atoms with Crippen molar-refractivity contribution in [3.05, 3.63) is 126 Å². The summed E-state index contributed by atoms with van der Waals surface area (Å²) in [6.45, 7) is 18.3. The molecule has 0 amide bonds. The second-order valence-corrected chi connectivity index (χ2v) is 13.0. The van der Waals surface area contributed by atoms with Crippen molar-refractivity contribution >= 4 is 18.5 Å². The molecule has 4 aromatic rings. The molecule has 0 spiro atoms. The van der Waals surface area contributed by atoms with E-state index >= 15 is 0 Å². The Morgan fingerprint density at radius 3 is 1.58 bits per heavy atom. The smallest absolute Gasteiger partial charge is 0.161 e. The maximum atomic E-state index is 10.4. The zero-order valence-corrected chi connectivity index (χ0v) is 27.7. The maximum absolute atomic E-state index is 10.4. The van der Waals surface area contributed by atoms with Crippen LogP contribution in [0.2, 0.25) is 5.31 Å². The highest BCUT2D eigenvalue weighted by atomic mass is 16.3. The van der Waals surface area contributed by atoms with Gasteiger partial charge in [-0.15, -0.1) is 0 Å². The van der Waals surface area contributed by atoms with Crippen molar-refractivity contribution in [2.45, 2.75) is 85.2 Å². The Kier molecular flexibility index (Phi) is 13.6. The topological polar surface area (TPSA) is 70.1 Å². The summed E-state index contributed by atoms with van der Waals surface area (Å²) in [4.78, 5) is 0. The fourth-order valence-corrected chi connectivity index (χ4v) is 4.20. The van der Waals surface area contributed by atoms with Crippen LogP contribution in [-0.2, 0) is 0 Å². The van der Waals surface area contributed by atoms with E-state index < -0.39 is 5.60 Å². The van der Waals surface area contributed by atoms with Crippen molar-refractivity contribution in [3.8, 4) is 11.1 Å². The maximum Gasteiger partial charge on any atom is 0.161 e. The lowest BCUT2D eigenvalue weighted by atomic mass is 9.45. The van der Waals surface area contributed by atoms with Crippen LogP contribution in [0.1, 0.15) is 91.0 Å². The van der Waals surface area contributed by atoms with Gasteiger partial charge in [-0.05, 0) is 71.8 Å². The molecule has 0 fully saturated rings. The molecular weight excluding hydrogens is 523 g/mol. The molecule has 43 heavy (non-hydrogen) atoms. The standard InChI is InChI=1S/C20H27BNO.C10H13N.C9H12/c1-14(22)16-11-17(15-9-7-6-8-10-15)13-18(12-16)21-19(2,3)20(4,5)23;1-8(2)10(11)9-6-4-3-5-7-9;1-8(2)9-6-4-3-5-7-9/h6-14,23H,22H2,1-5H3;3-8,11H,1-2H3;3-8H,1-2H3. The zero-order chi connectivity index (χ0) is 32.2. The molecule has 0 bridgehead atoms. The highest BCUT2D eigenvalue weighted by Crippen LogP contribution is 2.36. The summed E-state index contributed by atoms with van der Waals surface area (Å²) in [5.74, 6) is 0.976. The monoisotopic (exact) mass is 575 g/mol. The van der Waals surface area contributed by atoms with Crippen LogP contribution in [0.15, 0.2) is 109 Å². The summed E-state index contributed by atoms with van der Waals surface area (Å²) in [7, 11) is 2.13. The van der Waals surface area contributed by atoms with E-state index in [4.69, 9.17) is 11.1 Å². The largest absolute Gasteiger partial charge is 0.391 e. The van der Waals surface area contributed by atoms with Crippen LogP contribution in [0, 0.1) is 11.3 Å². The van der Waals surface area contributed by atoms with E-state index in [1.807, 2.05) is 103 Å². The predicted molar refractivity (Wildman–Crippen MR) is 189 cm³/mol. The molecule has 4 N–H and O–H groups in total. The minimum atomic E-state index is -0.801. The summed E-state index contributed by atoms with van der Waals surface area (Å²) >= 11 is 0. The highest BCUT2D eigenvalue weighted by Gasteiger charge is 2.35. The van der Waals surface area contributed by atoms with Crippen LogP contribution < -0.4 is 11.2 Å². The third kappa shape index (κ3) is 11.6. The summed E-state index contributed by atoms with van der Waals surface area (Å²) in [6.07, 6.45) is 0. The van der Waals surface area contributed by atoms with Crippen molar-refractivity contribution in [2.24, 2.45) is 11.7 Å². The van der Waals surface area contributed by atoms with Gasteiger partial charge in [-0.2, -0.15) is 0 Å². The molecule has 0 aliphatic heterocycles. The number of hydrogen-bond donors (Lipinski definition) is 3. The lowest BCUT2D eigenvalue weighted by molar-refractivity contribution is 0.0410. The average Bonchev–Trinajstić information content (AvgIpc) is 2.97. The fourth-order valence-electron chi connectivity index (χ4n) is 4.20. The van der Waals surface area contributed by atoms with E-state index in [-0.39, 0.29) is 11.4 Å². The first kappa shape index (κ1) is 35.7. The van der Waals surface area contributed by atoms with Crippen molar-refractivity contribution < 1.29 is 5.11 Å². The van der Waals surface area contributed by atoms with E-state index in [9.17, 15) is 5.11 Å². The number of nitrogens with two attached hydrogens (primary N) is 1. The normalized spacial score (nSPS) is 12.0. The molecule has 0 aromatic heterocycles. The number of hydrogen-bond acceptors (Lipinski definition) is 3. The first-order valence-electron chi connectivity index (χ1n) is 15.4. The molecule has 0 aliphatic rings. The molecule has 0 heterocycles. The van der Waals surface area contributed by atoms with Crippen molar-refractivity contribution in [2.75, 3.05) is 0 Å². The van der Waals surface area contributed by atoms with Crippen LogP contribution in [0.3, 0.4) is 0 Å². The lowest BCUT2D eigenvalue weighted by Gasteiger charge is -2.37. The van der Waals surface area contributed by atoms with Gasteiger partial charge in [0.2, 0.25) is 0 Å². The van der Waals surface area contributed by atoms with Gasteiger partial charge in [0.15, 0.2) is 7.28 Å². The lowest BCUT2D eigenvalue weighted by Crippen LogP contribution is -2.42. The predicted octanol–water partition coefficient (Wildman–Crippen LogP) is 9.19. The Morgan fingerprint density at radius 1 is 0.674 bits per heavy atom. The first-order chi connectivity index (χ1) is 20.1. The SMILES string of the molecule is CC(C)C(=N)c1ccccc1.CC(C)c1ccccc1.CC(N)c1cc([B]C(C)(C)C(C)(C)O)cc(-c2ccccc2)c1. The van der Waals surface area contributed by atoms with Crippen LogP contribution in [0.4, 0.5) is 0 Å². The van der Waals surface area contributed by atoms with Crippen LogP contribution in [0.25, 0.3) is 11.1 Å². The van der Waals surface area contributed by atoms with Crippen molar-refractivity contribution in [1.29, 1.82) is 5.41 Å². The number of rotatable bonds is 8. The average molecular weight is 576 g/mol. The molecule has 4 heteroatoms. The quantitative estimate of drug-likeness (QED) is 0.145. The van der Waals surface area contributed by atoms with Gasteiger partial charge in [-0.25, -0.2) is 0 Å². The van der Waals surface area contributed by atoms with Crippen molar-refractivity contribution in [1.82, 2.24) is 0 Å². The molecule has 1 radical (unpaired) electrons. The zero-order valence-electron chi connectivity index (χ0n) is 27.7. The molecule has 1 atom stereocenters. The molecule has 4 aromatic carbocycles. The molecule has 227 valence electrons. The van der Waals surface area contributed by atoms with E-state index in [1.165, 1.54) is 11.1 Å². The first-order valence-corrected chi connectivity index (χ1v) is 15.4. The van der Waals surface area contributed by atoms with E-state index in [0.29, 0.717) is 17.5 Å².